The molecule has 0 saturated heterocycles. The lowest BCUT2D eigenvalue weighted by Crippen LogP contribution is -1.96. The van der Waals surface area contributed by atoms with Crippen molar-refractivity contribution < 1.29 is 9.15 Å². The van der Waals surface area contributed by atoms with Crippen LogP contribution in [0.1, 0.15) is 0 Å². The van der Waals surface area contributed by atoms with E-state index >= 15 is 0 Å². The summed E-state index contributed by atoms with van der Waals surface area (Å²) in [6.07, 6.45) is 0. The predicted molar refractivity (Wildman–Crippen MR) is 40.2 cm³/mol. The average molecular weight is 159 g/mol. The van der Waals surface area contributed by atoms with Crippen molar-refractivity contribution in [1.82, 2.24) is 4.98 Å². The fraction of sp³-hybridized carbons (Fsp3) is 0. The van der Waals surface area contributed by atoms with Crippen LogP contribution in [0, 0.1) is 0 Å². The Morgan fingerprint density at radius 1 is 1.42 bits per heavy atom. The van der Waals surface area contributed by atoms with Gasteiger partial charge in [-0.05, 0) is 6.07 Å². The summed E-state index contributed by atoms with van der Waals surface area (Å²) in [5.74, 6) is 1.13. The number of aromatic nitrogens is 1. The summed E-state index contributed by atoms with van der Waals surface area (Å²) < 4.78 is 10.2. The molecule has 0 N–H and O–H groups in total. The van der Waals surface area contributed by atoms with Crippen LogP contribution < -0.4 is 10.3 Å². The minimum Gasteiger partial charge on any atom is -0.445 e. The van der Waals surface area contributed by atoms with Gasteiger partial charge in [-0.2, -0.15) is 4.98 Å². The zero-order valence-corrected chi connectivity index (χ0v) is 5.75. The quantitative estimate of drug-likeness (QED) is 0.388. The number of ether oxygens (including phenoxy) is 1. The van der Waals surface area contributed by atoms with Gasteiger partial charge in [0.1, 0.15) is 0 Å². The summed E-state index contributed by atoms with van der Waals surface area (Å²) in [6.45, 7) is 0. The molecule has 1 aliphatic heterocycles. The second-order valence-electron chi connectivity index (χ2n) is 2.88. The van der Waals surface area contributed by atoms with Gasteiger partial charge in [0.25, 0.3) is 5.56 Å². The minimum absolute atomic E-state index is 0.225. The van der Waals surface area contributed by atoms with Crippen LogP contribution >= 0.6 is 0 Å². The highest BCUT2D eigenvalue weighted by atomic mass is 16.5. The molecule has 0 saturated carbocycles. The molecule has 0 radical (unpaired) electrons. The Morgan fingerprint density at radius 3 is 3.25 bits per heavy atom. The van der Waals surface area contributed by atoms with E-state index in [4.69, 9.17) is 9.15 Å². The molecule has 0 aliphatic carbocycles. The largest absolute Gasteiger partial charge is 0.445 e. The Hall–Kier alpha value is -1.84. The molecule has 4 nitrogen and oxygen atoms in total. The molecule has 0 unspecified atom stereocenters. The van der Waals surface area contributed by atoms with Gasteiger partial charge >= 0.3 is 0 Å². The number of hydrogen-bond donors (Lipinski definition) is 0. The summed E-state index contributed by atoms with van der Waals surface area (Å²) in [4.78, 5) is 14.9. The Morgan fingerprint density at radius 2 is 2.33 bits per heavy atom. The Bertz CT molecular complexity index is 654. The van der Waals surface area contributed by atoms with Crippen molar-refractivity contribution in [2.75, 3.05) is 0 Å². The van der Waals surface area contributed by atoms with Gasteiger partial charge in [0.05, 0.1) is 10.8 Å². The molecule has 0 atom stereocenters. The predicted octanol–water partition coefficient (Wildman–Crippen LogP) is 1.32. The van der Waals surface area contributed by atoms with Crippen LogP contribution in [0.3, 0.4) is 0 Å². The fourth-order valence-electron chi connectivity index (χ4n) is 1.59. The van der Waals surface area contributed by atoms with Crippen LogP contribution in [0.15, 0.2) is 15.3 Å². The summed E-state index contributed by atoms with van der Waals surface area (Å²) in [7, 11) is 0. The van der Waals surface area contributed by atoms with E-state index in [1.807, 2.05) is 0 Å². The molecule has 0 spiro atoms. The third kappa shape index (κ3) is 0.320. The summed E-state index contributed by atoms with van der Waals surface area (Å²) in [5.41, 5.74) is 1.28. The molecule has 1 aromatic carbocycles. The van der Waals surface area contributed by atoms with E-state index in [0.717, 1.165) is 16.6 Å². The summed E-state index contributed by atoms with van der Waals surface area (Å²) in [6, 6.07) is 1.72. The van der Waals surface area contributed by atoms with Gasteiger partial charge in [0, 0.05) is 0 Å². The van der Waals surface area contributed by atoms with Crippen LogP contribution in [0.2, 0.25) is 0 Å². The van der Waals surface area contributed by atoms with E-state index < -0.39 is 0 Å². The Labute approximate surface area is 65.0 Å². The molecule has 1 aliphatic rings. The normalized spacial score (nSPS) is 14.0. The van der Waals surface area contributed by atoms with Gasteiger partial charge in [-0.25, -0.2) is 0 Å². The lowest BCUT2D eigenvalue weighted by atomic mass is 10.1. The van der Waals surface area contributed by atoms with Crippen molar-refractivity contribution in [3.05, 3.63) is 16.4 Å². The maximum atomic E-state index is 11.2. The molecule has 0 bridgehead atoms. The lowest BCUT2D eigenvalue weighted by molar-refractivity contribution is 0.446. The molecule has 4 heteroatoms. The van der Waals surface area contributed by atoms with Crippen molar-refractivity contribution >= 4 is 21.9 Å². The fourth-order valence-corrected chi connectivity index (χ4v) is 1.59. The maximum absolute atomic E-state index is 11.2. The van der Waals surface area contributed by atoms with Crippen LogP contribution in [0.25, 0.3) is 21.9 Å². The van der Waals surface area contributed by atoms with E-state index in [0.29, 0.717) is 17.0 Å². The van der Waals surface area contributed by atoms with Gasteiger partial charge in [-0.3, -0.25) is 4.79 Å². The van der Waals surface area contributed by atoms with Crippen LogP contribution in [0.4, 0.5) is 0 Å². The van der Waals surface area contributed by atoms with Crippen molar-refractivity contribution in [3.63, 3.8) is 0 Å². The van der Waals surface area contributed by atoms with E-state index in [2.05, 4.69) is 4.98 Å². The maximum Gasteiger partial charge on any atom is 0.281 e. The number of rotatable bonds is 0. The standard InChI is InChI=1S/C8HNO3/c10-7-2-1-3-5(11-3)6-4(2)8(9-7)12-6/h1H. The lowest BCUT2D eigenvalue weighted by Gasteiger charge is -2.10. The molecule has 0 amide bonds. The summed E-state index contributed by atoms with van der Waals surface area (Å²) >= 11 is 0. The molecule has 12 heavy (non-hydrogen) atoms. The molecular formula is C8HNO3. The minimum atomic E-state index is -0.225. The second-order valence-corrected chi connectivity index (χ2v) is 2.88. The first-order chi connectivity index (χ1) is 5.84. The first kappa shape index (κ1) is 4.92. The number of hydrogen-bond acceptors (Lipinski definition) is 4. The highest BCUT2D eigenvalue weighted by Crippen LogP contribution is 2.51. The molecular weight excluding hydrogens is 158 g/mol. The SMILES string of the molecule is O=c1nc2c3c(c4oc4cc13)O2. The summed E-state index contributed by atoms with van der Waals surface area (Å²) in [5, 5.41) is 1.44. The highest BCUT2D eigenvalue weighted by molar-refractivity contribution is 6.10. The van der Waals surface area contributed by atoms with E-state index in [1.165, 1.54) is 0 Å². The molecule has 4 rings (SSSR count). The van der Waals surface area contributed by atoms with Crippen molar-refractivity contribution in [2.24, 2.45) is 0 Å². The molecule has 3 heterocycles. The smallest absolute Gasteiger partial charge is 0.281 e. The molecule has 0 fully saturated rings. The molecule has 56 valence electrons. The average Bonchev–Trinajstić information content (AvgIpc) is 2.70. The molecule has 2 aromatic heterocycles. The van der Waals surface area contributed by atoms with Crippen molar-refractivity contribution in [1.29, 1.82) is 0 Å². The third-order valence-electron chi connectivity index (χ3n) is 2.22. The first-order valence-electron chi connectivity index (χ1n) is 3.55. The van der Waals surface area contributed by atoms with Gasteiger partial charge in [0.15, 0.2) is 11.3 Å². The number of nitrogens with zero attached hydrogens (tertiary/aromatic N) is 1. The third-order valence-corrected chi connectivity index (χ3v) is 2.22. The van der Waals surface area contributed by atoms with Gasteiger partial charge in [0.2, 0.25) is 11.5 Å². The zero-order chi connectivity index (χ0) is 7.87. The van der Waals surface area contributed by atoms with E-state index in [-0.39, 0.29) is 5.56 Å². The first-order valence-corrected chi connectivity index (χ1v) is 3.55. The van der Waals surface area contributed by atoms with Gasteiger partial charge < -0.3 is 9.15 Å². The van der Waals surface area contributed by atoms with Crippen molar-refractivity contribution in [3.8, 4) is 11.6 Å². The van der Waals surface area contributed by atoms with Gasteiger partial charge in [-0.15, -0.1) is 0 Å². The topological polar surface area (TPSA) is 52.3 Å². The monoisotopic (exact) mass is 159 g/mol. The Balaban J connectivity index is 2.53. The molecule has 3 aromatic rings. The highest BCUT2D eigenvalue weighted by Gasteiger charge is 2.32. The van der Waals surface area contributed by atoms with Crippen molar-refractivity contribution in [2.45, 2.75) is 0 Å². The number of benzene rings is 1. The van der Waals surface area contributed by atoms with E-state index in [1.54, 1.807) is 6.07 Å². The second kappa shape index (κ2) is 1.14. The van der Waals surface area contributed by atoms with E-state index in [9.17, 15) is 4.79 Å². The van der Waals surface area contributed by atoms with Gasteiger partial charge in [-0.1, -0.05) is 0 Å². The van der Waals surface area contributed by atoms with Crippen LogP contribution in [-0.4, -0.2) is 4.98 Å². The van der Waals surface area contributed by atoms with Crippen LogP contribution in [-0.2, 0) is 0 Å². The Kier molecular flexibility index (Phi) is 0.466. The number of fused-ring (bicyclic) bond motifs is 2. The zero-order valence-electron chi connectivity index (χ0n) is 5.75. The van der Waals surface area contributed by atoms with Crippen LogP contribution in [0.5, 0.6) is 11.6 Å².